The monoisotopic (exact) mass is 397 g/mol. The van der Waals surface area contributed by atoms with Gasteiger partial charge in [0, 0.05) is 6.07 Å². The lowest BCUT2D eigenvalue weighted by Gasteiger charge is -2.39. The van der Waals surface area contributed by atoms with Gasteiger partial charge >= 0.3 is 0 Å². The zero-order valence-corrected chi connectivity index (χ0v) is 19.8. The molecule has 2 aliphatic rings. The van der Waals surface area contributed by atoms with Crippen LogP contribution in [0.1, 0.15) is 111 Å². The summed E-state index contributed by atoms with van der Waals surface area (Å²) in [6, 6.07) is 8.08. The van der Waals surface area contributed by atoms with Crippen molar-refractivity contribution in [3.8, 4) is 0 Å². The number of rotatable bonds is 9. The number of hydrogen-bond donors (Lipinski definition) is 0. The highest BCUT2D eigenvalue weighted by molar-refractivity contribution is 6.27. The van der Waals surface area contributed by atoms with Crippen LogP contribution in [0.2, 0.25) is 0 Å². The first-order valence-electron chi connectivity index (χ1n) is 12.1. The Bertz CT molecular complexity index is 728. The van der Waals surface area contributed by atoms with E-state index in [1.807, 2.05) is 32.0 Å². The number of fused-ring (bicyclic) bond motifs is 3. The minimum absolute atomic E-state index is 0.0836. The van der Waals surface area contributed by atoms with Gasteiger partial charge in [0.05, 0.1) is 16.6 Å². The first-order valence-corrected chi connectivity index (χ1v) is 12.1. The van der Waals surface area contributed by atoms with Gasteiger partial charge in [-0.05, 0) is 38.2 Å². The van der Waals surface area contributed by atoms with Crippen molar-refractivity contribution in [2.24, 2.45) is 10.8 Å². The van der Waals surface area contributed by atoms with E-state index in [2.05, 4.69) is 39.8 Å². The van der Waals surface area contributed by atoms with Crippen molar-refractivity contribution in [1.29, 1.82) is 0 Å². The molecule has 0 amide bonds. The molecule has 0 aromatic heterocycles. The van der Waals surface area contributed by atoms with Crippen molar-refractivity contribution in [3.63, 3.8) is 0 Å². The quantitative estimate of drug-likeness (QED) is 0.232. The van der Waals surface area contributed by atoms with E-state index in [1.165, 1.54) is 68.1 Å². The fourth-order valence-corrected chi connectivity index (χ4v) is 5.34. The summed E-state index contributed by atoms with van der Waals surface area (Å²) in [6.07, 6.45) is 15.6. The Balaban J connectivity index is 0.00000145. The second-order valence-corrected chi connectivity index (χ2v) is 9.66. The van der Waals surface area contributed by atoms with Crippen LogP contribution in [0.5, 0.6) is 0 Å². The molecule has 29 heavy (non-hydrogen) atoms. The van der Waals surface area contributed by atoms with E-state index in [0.29, 0.717) is 0 Å². The number of unbranched alkanes of at least 4 members (excludes halogenated alkanes) is 7. The summed E-state index contributed by atoms with van der Waals surface area (Å²) in [5.74, 6) is 0. The largest absolute Gasteiger partial charge is 0.618 e. The molecule has 3 rings (SSSR count). The van der Waals surface area contributed by atoms with Gasteiger partial charge in [0.15, 0.2) is 0 Å². The van der Waals surface area contributed by atoms with E-state index in [-0.39, 0.29) is 10.8 Å². The first kappa shape index (κ1) is 23.7. The maximum absolute atomic E-state index is 12.9. The SMILES string of the molecule is CC.CCCCCCCCCCC1(C)C=C2C(=[N+]([O-])c3ccccc32)C(C)(C)C1. The third-order valence-corrected chi connectivity index (χ3v) is 6.45. The predicted octanol–water partition coefficient (Wildman–Crippen LogP) is 8.66. The molecule has 1 heterocycles. The fraction of sp³-hybridized carbons (Fsp3) is 0.667. The van der Waals surface area contributed by atoms with Crippen LogP contribution < -0.4 is 0 Å². The zero-order valence-electron chi connectivity index (χ0n) is 19.8. The summed E-state index contributed by atoms with van der Waals surface area (Å²) in [5, 5.41) is 12.9. The summed E-state index contributed by atoms with van der Waals surface area (Å²) in [5.41, 5.74) is 4.21. The smallest absolute Gasteiger partial charge is 0.224 e. The van der Waals surface area contributed by atoms with Crippen molar-refractivity contribution in [3.05, 3.63) is 41.1 Å². The van der Waals surface area contributed by atoms with Crippen LogP contribution in [0.25, 0.3) is 5.57 Å². The molecule has 0 fully saturated rings. The third-order valence-electron chi connectivity index (χ3n) is 6.45. The summed E-state index contributed by atoms with van der Waals surface area (Å²) in [4.78, 5) is 0. The Kier molecular flexibility index (Phi) is 8.55. The van der Waals surface area contributed by atoms with E-state index < -0.39 is 0 Å². The van der Waals surface area contributed by atoms with Crippen LogP contribution in [0, 0.1) is 16.0 Å². The van der Waals surface area contributed by atoms with Crippen LogP contribution >= 0.6 is 0 Å². The van der Waals surface area contributed by atoms with Crippen LogP contribution in [0.3, 0.4) is 0 Å². The van der Waals surface area contributed by atoms with E-state index in [0.717, 1.165) is 23.4 Å². The second-order valence-electron chi connectivity index (χ2n) is 9.66. The lowest BCUT2D eigenvalue weighted by atomic mass is 9.62. The average molecular weight is 398 g/mol. The van der Waals surface area contributed by atoms with Gasteiger partial charge in [-0.2, -0.15) is 4.74 Å². The topological polar surface area (TPSA) is 26.1 Å². The number of benzene rings is 1. The summed E-state index contributed by atoms with van der Waals surface area (Å²) in [6.45, 7) is 13.2. The molecule has 2 heteroatoms. The Hall–Kier alpha value is -1.57. The number of para-hydroxylation sites is 1. The summed E-state index contributed by atoms with van der Waals surface area (Å²) >= 11 is 0. The molecule has 0 saturated carbocycles. The molecular formula is C27H43NO. The summed E-state index contributed by atoms with van der Waals surface area (Å²) < 4.78 is 1.19. The molecule has 0 spiro atoms. The standard InChI is InChI=1S/C25H37NO.C2H6/c1-5-6-7-8-9-10-11-14-17-25(4)18-21-20-15-12-13-16-22(20)26(27)23(21)24(2,3)19-25;1-2/h12-13,15-16,18H,5-11,14,17,19H2,1-4H3;1-2H3. The molecule has 0 N–H and O–H groups in total. The minimum atomic E-state index is -0.0836. The highest BCUT2D eigenvalue weighted by Gasteiger charge is 2.49. The highest BCUT2D eigenvalue weighted by Crippen LogP contribution is 2.52. The Morgan fingerprint density at radius 2 is 1.48 bits per heavy atom. The van der Waals surface area contributed by atoms with Gasteiger partial charge < -0.3 is 5.21 Å². The van der Waals surface area contributed by atoms with Crippen molar-refractivity contribution in [2.45, 2.75) is 106 Å². The van der Waals surface area contributed by atoms with Gasteiger partial charge in [-0.25, -0.2) is 0 Å². The van der Waals surface area contributed by atoms with E-state index in [9.17, 15) is 5.21 Å². The van der Waals surface area contributed by atoms with Crippen LogP contribution in [-0.4, -0.2) is 10.5 Å². The number of allylic oxidation sites excluding steroid dienone is 2. The summed E-state index contributed by atoms with van der Waals surface area (Å²) in [7, 11) is 0. The molecule has 0 radical (unpaired) electrons. The van der Waals surface area contributed by atoms with E-state index in [1.54, 1.807) is 0 Å². The third kappa shape index (κ3) is 5.53. The van der Waals surface area contributed by atoms with Gasteiger partial charge in [-0.3, -0.25) is 0 Å². The van der Waals surface area contributed by atoms with Crippen LogP contribution in [0.15, 0.2) is 30.3 Å². The molecule has 1 aromatic rings. The number of nitrogens with zero attached hydrogens (tertiary/aromatic N) is 1. The molecule has 2 nitrogen and oxygen atoms in total. The van der Waals surface area contributed by atoms with Gasteiger partial charge in [0.2, 0.25) is 11.4 Å². The second kappa shape index (κ2) is 10.5. The van der Waals surface area contributed by atoms with E-state index >= 15 is 0 Å². The van der Waals surface area contributed by atoms with Crippen LogP contribution in [0.4, 0.5) is 5.69 Å². The lowest BCUT2D eigenvalue weighted by Crippen LogP contribution is -2.38. The Morgan fingerprint density at radius 3 is 2.14 bits per heavy atom. The van der Waals surface area contributed by atoms with Crippen molar-refractivity contribution >= 4 is 17.0 Å². The van der Waals surface area contributed by atoms with Gasteiger partial charge in [-0.1, -0.05) is 97.3 Å². The molecule has 1 aliphatic heterocycles. The van der Waals surface area contributed by atoms with Crippen molar-refractivity contribution in [2.75, 3.05) is 0 Å². The average Bonchev–Trinajstić information content (AvgIpc) is 2.98. The fourth-order valence-electron chi connectivity index (χ4n) is 5.34. The maximum Gasteiger partial charge on any atom is 0.224 e. The maximum atomic E-state index is 12.9. The molecular weight excluding hydrogens is 354 g/mol. The van der Waals surface area contributed by atoms with Gasteiger partial charge in [0.25, 0.3) is 0 Å². The lowest BCUT2D eigenvalue weighted by molar-refractivity contribution is -0.361. The predicted molar refractivity (Wildman–Crippen MR) is 128 cm³/mol. The Morgan fingerprint density at radius 1 is 0.897 bits per heavy atom. The molecule has 1 atom stereocenters. The first-order chi connectivity index (χ1) is 13.9. The molecule has 162 valence electrons. The van der Waals surface area contributed by atoms with E-state index in [4.69, 9.17) is 0 Å². The minimum Gasteiger partial charge on any atom is -0.618 e. The molecule has 1 unspecified atom stereocenters. The van der Waals surface area contributed by atoms with Gasteiger partial charge in [-0.15, -0.1) is 0 Å². The highest BCUT2D eigenvalue weighted by atomic mass is 16.5. The number of hydrogen-bond acceptors (Lipinski definition) is 1. The molecule has 0 saturated heterocycles. The molecule has 1 aromatic carbocycles. The molecule has 0 bridgehead atoms. The molecule has 1 aliphatic carbocycles. The normalized spacial score (nSPS) is 21.8. The van der Waals surface area contributed by atoms with Crippen molar-refractivity contribution < 1.29 is 4.74 Å². The van der Waals surface area contributed by atoms with Gasteiger partial charge in [0.1, 0.15) is 0 Å². The Labute approximate surface area is 179 Å². The van der Waals surface area contributed by atoms with Crippen LogP contribution in [-0.2, 0) is 0 Å². The van der Waals surface area contributed by atoms with Crippen molar-refractivity contribution in [1.82, 2.24) is 0 Å². The zero-order chi connectivity index (χ0) is 21.5.